The van der Waals surface area contributed by atoms with E-state index in [9.17, 15) is 4.79 Å². The first kappa shape index (κ1) is 13.3. The van der Waals surface area contributed by atoms with Gasteiger partial charge in [0.05, 0.1) is 16.3 Å². The van der Waals surface area contributed by atoms with Gasteiger partial charge in [-0.1, -0.05) is 53.8 Å². The molecule has 22 heavy (non-hydrogen) atoms. The number of carbonyl (C=O) groups is 1. The van der Waals surface area contributed by atoms with Crippen molar-refractivity contribution < 1.29 is 4.79 Å². The number of para-hydroxylation sites is 1. The second-order valence-corrected chi connectivity index (χ2v) is 6.36. The molecule has 0 radical (unpaired) electrons. The second-order valence-electron chi connectivity index (χ2n) is 5.33. The van der Waals surface area contributed by atoms with E-state index in [0.717, 1.165) is 23.2 Å². The zero-order valence-electron chi connectivity index (χ0n) is 11.9. The maximum Gasteiger partial charge on any atom is 0.324 e. The van der Waals surface area contributed by atoms with E-state index in [0.29, 0.717) is 5.13 Å². The molecule has 4 rings (SSSR count). The van der Waals surface area contributed by atoms with Gasteiger partial charge in [0.15, 0.2) is 5.13 Å². The van der Waals surface area contributed by atoms with Crippen molar-refractivity contribution >= 4 is 32.7 Å². The van der Waals surface area contributed by atoms with Gasteiger partial charge in [-0.25, -0.2) is 9.78 Å². The molecular formula is C17H15N3OS. The fraction of sp³-hybridized carbons (Fsp3) is 0.176. The number of nitrogens with zero attached hydrogens (tertiary/aromatic N) is 2. The summed E-state index contributed by atoms with van der Waals surface area (Å²) < 4.78 is 1.08. The van der Waals surface area contributed by atoms with Gasteiger partial charge in [0.1, 0.15) is 0 Å². The summed E-state index contributed by atoms with van der Waals surface area (Å²) in [6.07, 6.45) is 1.01. The van der Waals surface area contributed by atoms with E-state index in [-0.39, 0.29) is 12.1 Å². The van der Waals surface area contributed by atoms with Crippen LogP contribution in [0.5, 0.6) is 0 Å². The summed E-state index contributed by atoms with van der Waals surface area (Å²) >= 11 is 1.50. The predicted octanol–water partition coefficient (Wildman–Crippen LogP) is 4.28. The summed E-state index contributed by atoms with van der Waals surface area (Å²) in [6.45, 7) is 0.788. The minimum absolute atomic E-state index is 0.0702. The van der Waals surface area contributed by atoms with Crippen LogP contribution in [0.3, 0.4) is 0 Å². The lowest BCUT2D eigenvalue weighted by Crippen LogP contribution is -2.47. The lowest BCUT2D eigenvalue weighted by molar-refractivity contribution is 0.126. The SMILES string of the molecule is O=C(Nc1nc2ccccc2s1)N1CC[C@@H]1c1ccccc1. The van der Waals surface area contributed by atoms with Gasteiger partial charge in [-0.05, 0) is 24.1 Å². The van der Waals surface area contributed by atoms with Crippen molar-refractivity contribution in [1.82, 2.24) is 9.88 Å². The molecule has 0 aliphatic carbocycles. The molecule has 110 valence electrons. The Bertz CT molecular complexity index is 782. The number of fused-ring (bicyclic) bond motifs is 1. The number of nitrogens with one attached hydrogen (secondary N) is 1. The van der Waals surface area contributed by atoms with Crippen LogP contribution < -0.4 is 5.32 Å². The third-order valence-electron chi connectivity index (χ3n) is 3.97. The highest BCUT2D eigenvalue weighted by Crippen LogP contribution is 2.34. The Kier molecular flexibility index (Phi) is 3.27. The fourth-order valence-corrected chi connectivity index (χ4v) is 3.60. The molecule has 2 amide bonds. The van der Waals surface area contributed by atoms with Gasteiger partial charge < -0.3 is 4.90 Å². The van der Waals surface area contributed by atoms with Crippen LogP contribution in [0.4, 0.5) is 9.93 Å². The highest BCUT2D eigenvalue weighted by atomic mass is 32.1. The van der Waals surface area contributed by atoms with Crippen molar-refractivity contribution in [1.29, 1.82) is 0 Å². The molecule has 0 bridgehead atoms. The molecule has 5 heteroatoms. The number of rotatable bonds is 2. The van der Waals surface area contributed by atoms with E-state index in [2.05, 4.69) is 22.4 Å². The van der Waals surface area contributed by atoms with Gasteiger partial charge in [0.2, 0.25) is 0 Å². The molecule has 1 atom stereocenters. The topological polar surface area (TPSA) is 45.2 Å². The lowest BCUT2D eigenvalue weighted by Gasteiger charge is -2.40. The number of hydrogen-bond donors (Lipinski definition) is 1. The Morgan fingerprint density at radius 1 is 1.14 bits per heavy atom. The highest BCUT2D eigenvalue weighted by Gasteiger charge is 2.33. The summed E-state index contributed by atoms with van der Waals surface area (Å²) in [4.78, 5) is 18.8. The summed E-state index contributed by atoms with van der Waals surface area (Å²) in [5.74, 6) is 0. The van der Waals surface area contributed by atoms with Crippen LogP contribution in [0.15, 0.2) is 54.6 Å². The largest absolute Gasteiger partial charge is 0.324 e. The van der Waals surface area contributed by atoms with Gasteiger partial charge in [-0.15, -0.1) is 0 Å². The number of urea groups is 1. The molecule has 2 aromatic carbocycles. The summed E-state index contributed by atoms with van der Waals surface area (Å²) in [5.41, 5.74) is 2.11. The molecule has 1 N–H and O–H groups in total. The van der Waals surface area contributed by atoms with Crippen molar-refractivity contribution in [3.63, 3.8) is 0 Å². The van der Waals surface area contributed by atoms with E-state index >= 15 is 0 Å². The van der Waals surface area contributed by atoms with Crippen molar-refractivity contribution in [2.45, 2.75) is 12.5 Å². The number of aromatic nitrogens is 1. The van der Waals surface area contributed by atoms with Crippen molar-refractivity contribution in [3.05, 3.63) is 60.2 Å². The average Bonchev–Trinajstić information content (AvgIpc) is 2.89. The number of anilines is 1. The molecule has 0 spiro atoms. The van der Waals surface area contributed by atoms with Crippen LogP contribution in [0.1, 0.15) is 18.0 Å². The Hall–Kier alpha value is -2.40. The zero-order valence-corrected chi connectivity index (χ0v) is 12.7. The van der Waals surface area contributed by atoms with E-state index in [1.54, 1.807) is 0 Å². The van der Waals surface area contributed by atoms with Crippen LogP contribution in [-0.2, 0) is 0 Å². The first-order chi connectivity index (χ1) is 10.8. The smallest absolute Gasteiger partial charge is 0.317 e. The average molecular weight is 309 g/mol. The summed E-state index contributed by atoms with van der Waals surface area (Å²) in [6, 6.07) is 18.2. The molecule has 1 aromatic heterocycles. The number of hydrogen-bond acceptors (Lipinski definition) is 3. The molecule has 1 fully saturated rings. The van der Waals surface area contributed by atoms with Gasteiger partial charge in [-0.2, -0.15) is 0 Å². The quantitative estimate of drug-likeness (QED) is 0.768. The van der Waals surface area contributed by atoms with Crippen molar-refractivity contribution in [3.8, 4) is 0 Å². The van der Waals surface area contributed by atoms with Crippen LogP contribution >= 0.6 is 11.3 Å². The maximum atomic E-state index is 12.4. The molecule has 1 aliphatic heterocycles. The third-order valence-corrected chi connectivity index (χ3v) is 4.92. The van der Waals surface area contributed by atoms with Crippen molar-refractivity contribution in [2.24, 2.45) is 0 Å². The van der Waals surface area contributed by atoms with Crippen molar-refractivity contribution in [2.75, 3.05) is 11.9 Å². The Labute approximate surface area is 132 Å². The third kappa shape index (κ3) is 2.33. The second kappa shape index (κ2) is 5.42. The van der Waals surface area contributed by atoms with Gasteiger partial charge in [-0.3, -0.25) is 5.32 Å². The predicted molar refractivity (Wildman–Crippen MR) is 89.1 cm³/mol. The molecule has 1 aliphatic rings. The number of benzene rings is 2. The molecular weight excluding hydrogens is 294 g/mol. The standard InChI is InChI=1S/C17H15N3OS/c21-17(19-16-18-13-8-4-5-9-15(13)22-16)20-11-10-14(20)12-6-2-1-3-7-12/h1-9,14H,10-11H2,(H,18,19,21)/t14-/m1/s1. The van der Waals surface area contributed by atoms with Gasteiger partial charge in [0.25, 0.3) is 0 Å². The monoisotopic (exact) mass is 309 g/mol. The van der Waals surface area contributed by atoms with E-state index < -0.39 is 0 Å². The number of amides is 2. The van der Waals surface area contributed by atoms with Crippen LogP contribution in [0.25, 0.3) is 10.2 Å². The van der Waals surface area contributed by atoms with Gasteiger partial charge >= 0.3 is 6.03 Å². The van der Waals surface area contributed by atoms with Gasteiger partial charge in [0, 0.05) is 6.54 Å². The summed E-state index contributed by atoms with van der Waals surface area (Å²) in [5, 5.41) is 3.58. The van der Waals surface area contributed by atoms with E-state index in [1.165, 1.54) is 16.9 Å². The van der Waals surface area contributed by atoms with E-state index in [4.69, 9.17) is 0 Å². The molecule has 1 saturated heterocycles. The van der Waals surface area contributed by atoms with E-state index in [1.807, 2.05) is 47.4 Å². The molecule has 0 saturated carbocycles. The number of thiazole rings is 1. The molecule has 2 heterocycles. The minimum Gasteiger partial charge on any atom is -0.317 e. The number of carbonyl (C=O) groups excluding carboxylic acids is 1. The summed E-state index contributed by atoms with van der Waals surface area (Å²) in [7, 11) is 0. The normalized spacial score (nSPS) is 17.3. The lowest BCUT2D eigenvalue weighted by atomic mass is 9.95. The van der Waals surface area contributed by atoms with Crippen LogP contribution in [0, 0.1) is 0 Å². The fourth-order valence-electron chi connectivity index (χ4n) is 2.74. The minimum atomic E-state index is -0.0702. The zero-order chi connectivity index (χ0) is 14.9. The Morgan fingerprint density at radius 2 is 1.91 bits per heavy atom. The highest BCUT2D eigenvalue weighted by molar-refractivity contribution is 7.22. The molecule has 0 unspecified atom stereocenters. The Balaban J connectivity index is 1.50. The Morgan fingerprint density at radius 3 is 2.64 bits per heavy atom. The molecule has 4 nitrogen and oxygen atoms in total. The first-order valence-electron chi connectivity index (χ1n) is 7.29. The van der Waals surface area contributed by atoms with Crippen LogP contribution in [-0.4, -0.2) is 22.5 Å². The van der Waals surface area contributed by atoms with Crippen LogP contribution in [0.2, 0.25) is 0 Å². The maximum absolute atomic E-state index is 12.4. The number of likely N-dealkylation sites (tertiary alicyclic amines) is 1. The first-order valence-corrected chi connectivity index (χ1v) is 8.11. The molecule has 3 aromatic rings.